The van der Waals surface area contributed by atoms with E-state index in [2.05, 4.69) is 4.90 Å². The number of ether oxygens (including phenoxy) is 1. The average Bonchev–Trinajstić information content (AvgIpc) is 2.68. The van der Waals surface area contributed by atoms with Gasteiger partial charge in [0.25, 0.3) is 0 Å². The Morgan fingerprint density at radius 1 is 0.731 bits per heavy atom. The highest BCUT2D eigenvalue weighted by molar-refractivity contribution is 4.86. The summed E-state index contributed by atoms with van der Waals surface area (Å²) in [4.78, 5) is 4.19. The van der Waals surface area contributed by atoms with Crippen molar-refractivity contribution in [2.45, 2.75) is 83.0 Å². The van der Waals surface area contributed by atoms with Crippen molar-refractivity contribution in [3.8, 4) is 0 Å². The summed E-state index contributed by atoms with van der Waals surface area (Å²) in [6.45, 7) is 3.58. The van der Waals surface area contributed by atoms with Gasteiger partial charge in [-0.15, -0.1) is 0 Å². The van der Waals surface area contributed by atoms with Crippen molar-refractivity contribution < 1.29 is 20.1 Å². The van der Waals surface area contributed by atoms with Gasteiger partial charge in [0, 0.05) is 26.2 Å². The number of piperazine rings is 1. The molecule has 0 aromatic heterocycles. The largest absolute Gasteiger partial charge is 0.367 e. The summed E-state index contributed by atoms with van der Waals surface area (Å²) < 4.78 is 5.74. The van der Waals surface area contributed by atoms with E-state index in [1.807, 2.05) is 4.90 Å². The summed E-state index contributed by atoms with van der Waals surface area (Å²) in [5, 5.41) is 30.3. The number of aliphatic hydroxyl groups is 3. The number of rotatable bonds is 7. The molecule has 1 aliphatic heterocycles. The topological polar surface area (TPSA) is 76.4 Å². The third kappa shape index (κ3) is 5.63. The molecule has 1 saturated heterocycles. The van der Waals surface area contributed by atoms with Crippen LogP contribution in [0.4, 0.5) is 0 Å². The van der Waals surface area contributed by atoms with Gasteiger partial charge in [0.05, 0.1) is 12.6 Å². The predicted molar refractivity (Wildman–Crippen MR) is 100 cm³/mol. The van der Waals surface area contributed by atoms with Crippen molar-refractivity contribution in [1.82, 2.24) is 9.80 Å². The van der Waals surface area contributed by atoms with Crippen molar-refractivity contribution in [1.29, 1.82) is 0 Å². The zero-order chi connectivity index (χ0) is 18.4. The molecule has 26 heavy (non-hydrogen) atoms. The Bertz CT molecular complexity index is 389. The van der Waals surface area contributed by atoms with Crippen molar-refractivity contribution >= 4 is 0 Å². The summed E-state index contributed by atoms with van der Waals surface area (Å²) in [7, 11) is 0. The minimum absolute atomic E-state index is 0.169. The first kappa shape index (κ1) is 20.5. The molecule has 0 bridgehead atoms. The normalized spacial score (nSPS) is 27.7. The van der Waals surface area contributed by atoms with E-state index in [1.54, 1.807) is 0 Å². The van der Waals surface area contributed by atoms with Gasteiger partial charge < -0.3 is 20.1 Å². The average molecular weight is 371 g/mol. The summed E-state index contributed by atoms with van der Waals surface area (Å²) >= 11 is 0. The smallest absolute Gasteiger partial charge is 0.216 e. The van der Waals surface area contributed by atoms with Gasteiger partial charge in [-0.2, -0.15) is 0 Å². The van der Waals surface area contributed by atoms with Crippen LogP contribution in [0.3, 0.4) is 0 Å². The highest BCUT2D eigenvalue weighted by Gasteiger charge is 2.36. The Kier molecular flexibility index (Phi) is 8.15. The Morgan fingerprint density at radius 3 is 1.85 bits per heavy atom. The first-order chi connectivity index (χ1) is 12.6. The fourth-order valence-corrected chi connectivity index (χ4v) is 5.14. The lowest BCUT2D eigenvalue weighted by Crippen LogP contribution is -2.58. The van der Waals surface area contributed by atoms with Gasteiger partial charge in [-0.3, -0.25) is 9.80 Å². The first-order valence-electron chi connectivity index (χ1n) is 10.8. The Balaban J connectivity index is 1.43. The molecular formula is C20H38N2O4. The predicted octanol–water partition coefficient (Wildman–Crippen LogP) is 1.74. The fourth-order valence-electron chi connectivity index (χ4n) is 5.14. The molecule has 0 aromatic carbocycles. The summed E-state index contributed by atoms with van der Waals surface area (Å²) in [5.41, 5.74) is 0. The third-order valence-corrected chi connectivity index (χ3v) is 6.73. The van der Waals surface area contributed by atoms with Gasteiger partial charge in [-0.05, 0) is 37.5 Å². The monoisotopic (exact) mass is 370 g/mol. The Hall–Kier alpha value is -0.240. The van der Waals surface area contributed by atoms with Crippen LogP contribution >= 0.6 is 0 Å². The minimum atomic E-state index is -1.28. The van der Waals surface area contributed by atoms with Crippen LogP contribution in [-0.4, -0.2) is 76.7 Å². The lowest BCUT2D eigenvalue weighted by molar-refractivity contribution is -0.213. The zero-order valence-electron chi connectivity index (χ0n) is 16.1. The highest BCUT2D eigenvalue weighted by atomic mass is 16.6. The quantitative estimate of drug-likeness (QED) is 0.593. The highest BCUT2D eigenvalue weighted by Crippen LogP contribution is 2.31. The van der Waals surface area contributed by atoms with Gasteiger partial charge in [0.2, 0.25) is 6.41 Å². The van der Waals surface area contributed by atoms with Crippen molar-refractivity contribution in [3.05, 3.63) is 0 Å². The van der Waals surface area contributed by atoms with E-state index in [0.717, 1.165) is 25.9 Å². The maximum Gasteiger partial charge on any atom is 0.216 e. The van der Waals surface area contributed by atoms with E-state index in [9.17, 15) is 15.3 Å². The summed E-state index contributed by atoms with van der Waals surface area (Å²) in [6, 6.07) is -0.169. The molecule has 2 atom stereocenters. The van der Waals surface area contributed by atoms with Crippen molar-refractivity contribution in [3.63, 3.8) is 0 Å². The van der Waals surface area contributed by atoms with Crippen LogP contribution in [0.15, 0.2) is 0 Å². The lowest BCUT2D eigenvalue weighted by atomic mass is 9.82. The minimum Gasteiger partial charge on any atom is -0.367 e. The molecule has 0 spiro atoms. The first-order valence-corrected chi connectivity index (χ1v) is 10.8. The molecule has 2 saturated carbocycles. The van der Waals surface area contributed by atoms with E-state index in [-0.39, 0.29) is 6.04 Å². The molecule has 0 radical (unpaired) electrons. The lowest BCUT2D eigenvalue weighted by Gasteiger charge is -2.44. The van der Waals surface area contributed by atoms with Gasteiger partial charge in [-0.25, -0.2) is 0 Å². The zero-order valence-corrected chi connectivity index (χ0v) is 16.1. The van der Waals surface area contributed by atoms with E-state index >= 15 is 0 Å². The number of hydrogen-bond acceptors (Lipinski definition) is 6. The molecule has 3 aliphatic rings. The Morgan fingerprint density at radius 2 is 1.27 bits per heavy atom. The summed E-state index contributed by atoms with van der Waals surface area (Å²) in [6.07, 6.45) is 10.1. The third-order valence-electron chi connectivity index (χ3n) is 6.73. The van der Waals surface area contributed by atoms with Gasteiger partial charge in [0.15, 0.2) is 6.29 Å². The van der Waals surface area contributed by atoms with Gasteiger partial charge in [-0.1, -0.05) is 38.5 Å². The van der Waals surface area contributed by atoms with Crippen LogP contribution in [0.25, 0.3) is 0 Å². The van der Waals surface area contributed by atoms with E-state index in [1.165, 1.54) is 51.4 Å². The molecule has 2 aliphatic carbocycles. The van der Waals surface area contributed by atoms with E-state index < -0.39 is 12.7 Å². The number of nitrogens with zero attached hydrogens (tertiary/aromatic N) is 2. The fraction of sp³-hybridized carbons (Fsp3) is 1.00. The second-order valence-corrected chi connectivity index (χ2v) is 8.54. The van der Waals surface area contributed by atoms with E-state index in [0.29, 0.717) is 31.5 Å². The molecule has 3 rings (SSSR count). The molecule has 0 aromatic rings. The van der Waals surface area contributed by atoms with Crippen LogP contribution < -0.4 is 0 Å². The SMILES string of the molecule is OC(O)C(C1CCCCC1)N1CCN(C(O)OCC2CCCCC2)CC1. The van der Waals surface area contributed by atoms with Crippen LogP contribution in [0, 0.1) is 11.8 Å². The second-order valence-electron chi connectivity index (χ2n) is 8.54. The number of hydrogen-bond donors (Lipinski definition) is 3. The second kappa shape index (κ2) is 10.3. The van der Waals surface area contributed by atoms with Gasteiger partial charge >= 0.3 is 0 Å². The molecule has 1 heterocycles. The summed E-state index contributed by atoms with van der Waals surface area (Å²) in [5.74, 6) is 0.975. The van der Waals surface area contributed by atoms with Crippen LogP contribution in [0.5, 0.6) is 0 Å². The maximum atomic E-state index is 10.4. The molecule has 3 fully saturated rings. The van der Waals surface area contributed by atoms with Gasteiger partial charge in [0.1, 0.15) is 0 Å². The van der Waals surface area contributed by atoms with Crippen LogP contribution in [0.2, 0.25) is 0 Å². The molecule has 0 amide bonds. The van der Waals surface area contributed by atoms with Crippen LogP contribution in [-0.2, 0) is 4.74 Å². The molecule has 6 nitrogen and oxygen atoms in total. The molecule has 6 heteroatoms. The van der Waals surface area contributed by atoms with Crippen molar-refractivity contribution in [2.75, 3.05) is 32.8 Å². The maximum absolute atomic E-state index is 10.4. The molecule has 152 valence electrons. The molecule has 3 N–H and O–H groups in total. The van der Waals surface area contributed by atoms with Crippen molar-refractivity contribution in [2.24, 2.45) is 11.8 Å². The van der Waals surface area contributed by atoms with E-state index in [4.69, 9.17) is 4.74 Å². The van der Waals surface area contributed by atoms with Crippen LogP contribution in [0.1, 0.15) is 64.2 Å². The Labute approximate surface area is 158 Å². The number of aliphatic hydroxyl groups excluding tert-OH is 2. The molecular weight excluding hydrogens is 332 g/mol. The standard InChI is InChI=1S/C20H38N2O4/c23-19(24)18(17-9-5-2-6-10-17)21-11-13-22(14-12-21)20(25)26-15-16-7-3-1-4-8-16/h16-20,23-25H,1-15H2. The molecule has 2 unspecified atom stereocenters.